The molecule has 27 heavy (non-hydrogen) atoms. The molecule has 0 heterocycles. The van der Waals surface area contributed by atoms with E-state index in [2.05, 4.69) is 10.6 Å². The maximum Gasteiger partial charge on any atom is 0.255 e. The Bertz CT molecular complexity index is 909. The van der Waals surface area contributed by atoms with Crippen LogP contribution in [-0.4, -0.2) is 11.8 Å². The van der Waals surface area contributed by atoms with E-state index in [4.69, 9.17) is 28.9 Å². The topological polar surface area (TPSA) is 84.2 Å². The zero-order valence-corrected chi connectivity index (χ0v) is 15.5. The van der Waals surface area contributed by atoms with Crippen LogP contribution in [0.3, 0.4) is 0 Å². The Kier molecular flexibility index (Phi) is 5.64. The van der Waals surface area contributed by atoms with Crippen molar-refractivity contribution in [2.75, 3.05) is 16.4 Å². The molecule has 0 aliphatic heterocycles. The molecule has 0 saturated carbocycles. The number of hydrogen-bond donors (Lipinski definition) is 3. The fourth-order valence-corrected chi connectivity index (χ4v) is 2.64. The number of rotatable bonds is 4. The van der Waals surface area contributed by atoms with Crippen molar-refractivity contribution in [3.05, 3.63) is 87.9 Å². The lowest BCUT2D eigenvalue weighted by atomic mass is 10.1. The summed E-state index contributed by atoms with van der Waals surface area (Å²) < 4.78 is 0. The second-order valence-electron chi connectivity index (χ2n) is 5.77. The average molecular weight is 400 g/mol. The minimum Gasteiger partial charge on any atom is -0.399 e. The standard InChI is InChI=1S/C20H15Cl2N3O2/c21-14-1-5-17(6-2-14)24-19(26)12-9-13(11-16(23)10-12)20(27)25-18-7-3-15(22)4-8-18/h1-11H,23H2,(H,24,26)(H,25,27). The Morgan fingerprint density at radius 1 is 0.667 bits per heavy atom. The quantitative estimate of drug-likeness (QED) is 0.534. The van der Waals surface area contributed by atoms with E-state index in [1.807, 2.05) is 0 Å². The lowest BCUT2D eigenvalue weighted by Gasteiger charge is -2.10. The Morgan fingerprint density at radius 2 is 1.04 bits per heavy atom. The van der Waals surface area contributed by atoms with Crippen molar-refractivity contribution in [1.29, 1.82) is 0 Å². The zero-order chi connectivity index (χ0) is 19.4. The first kappa shape index (κ1) is 18.8. The number of nitrogens with one attached hydrogen (secondary N) is 2. The van der Waals surface area contributed by atoms with E-state index in [1.54, 1.807) is 48.5 Å². The van der Waals surface area contributed by atoms with Gasteiger partial charge in [0.25, 0.3) is 11.8 Å². The molecule has 136 valence electrons. The summed E-state index contributed by atoms with van der Waals surface area (Å²) in [5.74, 6) is -0.768. The lowest BCUT2D eigenvalue weighted by Crippen LogP contribution is -2.16. The summed E-state index contributed by atoms with van der Waals surface area (Å²) in [4.78, 5) is 25.0. The SMILES string of the molecule is Nc1cc(C(=O)Nc2ccc(Cl)cc2)cc(C(=O)Nc2ccc(Cl)cc2)c1. The fraction of sp³-hybridized carbons (Fsp3) is 0. The van der Waals surface area contributed by atoms with E-state index in [0.29, 0.717) is 27.1 Å². The number of anilines is 3. The minimum atomic E-state index is -0.384. The molecule has 2 amide bonds. The van der Waals surface area contributed by atoms with Gasteiger partial charge in [-0.2, -0.15) is 0 Å². The minimum absolute atomic E-state index is 0.270. The predicted molar refractivity (Wildman–Crippen MR) is 110 cm³/mol. The van der Waals surface area contributed by atoms with Gasteiger partial charge >= 0.3 is 0 Å². The van der Waals surface area contributed by atoms with Crippen LogP contribution in [0, 0.1) is 0 Å². The molecule has 3 rings (SSSR count). The van der Waals surface area contributed by atoms with Crippen LogP contribution >= 0.6 is 23.2 Å². The number of nitrogens with two attached hydrogens (primary N) is 1. The zero-order valence-electron chi connectivity index (χ0n) is 14.0. The van der Waals surface area contributed by atoms with Gasteiger partial charge in [0.1, 0.15) is 0 Å². The van der Waals surface area contributed by atoms with E-state index >= 15 is 0 Å². The molecular formula is C20H15Cl2N3O2. The third-order valence-electron chi connectivity index (χ3n) is 3.68. The summed E-state index contributed by atoms with van der Waals surface area (Å²) in [7, 11) is 0. The van der Waals surface area contributed by atoms with Gasteiger partial charge in [-0.3, -0.25) is 9.59 Å². The molecule has 0 radical (unpaired) electrons. The van der Waals surface area contributed by atoms with Gasteiger partial charge in [0.05, 0.1) is 0 Å². The number of carbonyl (C=O) groups is 2. The van der Waals surface area contributed by atoms with Gasteiger partial charge in [0, 0.05) is 38.2 Å². The van der Waals surface area contributed by atoms with Crippen LogP contribution < -0.4 is 16.4 Å². The van der Waals surface area contributed by atoms with Crippen molar-refractivity contribution in [1.82, 2.24) is 0 Å². The second kappa shape index (κ2) is 8.12. The monoisotopic (exact) mass is 399 g/mol. The molecule has 0 atom stereocenters. The molecule has 0 fully saturated rings. The van der Waals surface area contributed by atoms with Gasteiger partial charge in [-0.1, -0.05) is 23.2 Å². The molecule has 3 aromatic rings. The maximum atomic E-state index is 12.5. The van der Waals surface area contributed by atoms with Crippen LogP contribution in [-0.2, 0) is 0 Å². The second-order valence-corrected chi connectivity index (χ2v) is 6.64. The number of hydrogen-bond acceptors (Lipinski definition) is 3. The first-order valence-corrected chi connectivity index (χ1v) is 8.71. The molecule has 0 bridgehead atoms. The third-order valence-corrected chi connectivity index (χ3v) is 4.19. The Balaban J connectivity index is 1.78. The molecule has 5 nitrogen and oxygen atoms in total. The molecule has 0 aliphatic carbocycles. The highest BCUT2D eigenvalue weighted by atomic mass is 35.5. The van der Waals surface area contributed by atoms with Crippen LogP contribution in [0.25, 0.3) is 0 Å². The van der Waals surface area contributed by atoms with E-state index in [9.17, 15) is 9.59 Å². The number of halogens is 2. The van der Waals surface area contributed by atoms with Gasteiger partial charge in [-0.15, -0.1) is 0 Å². The van der Waals surface area contributed by atoms with Gasteiger partial charge in [-0.25, -0.2) is 0 Å². The predicted octanol–water partition coefficient (Wildman–Crippen LogP) is 5.08. The summed E-state index contributed by atoms with van der Waals surface area (Å²) in [5.41, 5.74) is 7.88. The normalized spacial score (nSPS) is 10.3. The van der Waals surface area contributed by atoms with E-state index in [0.717, 1.165) is 0 Å². The molecule has 0 aliphatic rings. The van der Waals surface area contributed by atoms with E-state index < -0.39 is 0 Å². The number of nitrogen functional groups attached to an aromatic ring is 1. The molecule has 4 N–H and O–H groups in total. The van der Waals surface area contributed by atoms with Crippen molar-refractivity contribution in [3.63, 3.8) is 0 Å². The van der Waals surface area contributed by atoms with E-state index in [-0.39, 0.29) is 22.9 Å². The molecule has 0 spiro atoms. The summed E-state index contributed by atoms with van der Waals surface area (Å²) in [5, 5.41) is 6.61. The summed E-state index contributed by atoms with van der Waals surface area (Å²) in [6.45, 7) is 0. The molecule has 0 saturated heterocycles. The highest BCUT2D eigenvalue weighted by molar-refractivity contribution is 6.31. The van der Waals surface area contributed by atoms with E-state index in [1.165, 1.54) is 18.2 Å². The summed E-state index contributed by atoms with van der Waals surface area (Å²) >= 11 is 11.7. The highest BCUT2D eigenvalue weighted by Gasteiger charge is 2.13. The van der Waals surface area contributed by atoms with Crippen LogP contribution in [0.15, 0.2) is 66.7 Å². The fourth-order valence-electron chi connectivity index (χ4n) is 2.39. The first-order chi connectivity index (χ1) is 12.9. The molecule has 7 heteroatoms. The first-order valence-electron chi connectivity index (χ1n) is 7.95. The smallest absolute Gasteiger partial charge is 0.255 e. The van der Waals surface area contributed by atoms with Gasteiger partial charge in [-0.05, 0) is 66.7 Å². The maximum absolute atomic E-state index is 12.5. The number of amides is 2. The lowest BCUT2D eigenvalue weighted by molar-refractivity contribution is 0.102. The Labute approximate surface area is 166 Å². The molecule has 3 aromatic carbocycles. The molecule has 0 unspecified atom stereocenters. The van der Waals surface area contributed by atoms with Crippen LogP contribution in [0.4, 0.5) is 17.1 Å². The van der Waals surface area contributed by atoms with Gasteiger partial charge in [0.2, 0.25) is 0 Å². The number of benzene rings is 3. The van der Waals surface area contributed by atoms with Crippen molar-refractivity contribution in [3.8, 4) is 0 Å². The largest absolute Gasteiger partial charge is 0.399 e. The van der Waals surface area contributed by atoms with Crippen molar-refractivity contribution < 1.29 is 9.59 Å². The average Bonchev–Trinajstić information content (AvgIpc) is 2.65. The highest BCUT2D eigenvalue weighted by Crippen LogP contribution is 2.19. The molecule has 0 aromatic heterocycles. The van der Waals surface area contributed by atoms with Crippen molar-refractivity contribution in [2.24, 2.45) is 0 Å². The van der Waals surface area contributed by atoms with Crippen molar-refractivity contribution in [2.45, 2.75) is 0 Å². The van der Waals surface area contributed by atoms with Crippen LogP contribution in [0.1, 0.15) is 20.7 Å². The van der Waals surface area contributed by atoms with Crippen LogP contribution in [0.5, 0.6) is 0 Å². The summed E-state index contributed by atoms with van der Waals surface area (Å²) in [6.07, 6.45) is 0. The number of carbonyl (C=O) groups excluding carboxylic acids is 2. The molecular weight excluding hydrogens is 385 g/mol. The summed E-state index contributed by atoms with van der Waals surface area (Å²) in [6, 6.07) is 17.9. The Hall–Kier alpha value is -3.02. The van der Waals surface area contributed by atoms with Gasteiger partial charge in [0.15, 0.2) is 0 Å². The van der Waals surface area contributed by atoms with Gasteiger partial charge < -0.3 is 16.4 Å². The van der Waals surface area contributed by atoms with Crippen LogP contribution in [0.2, 0.25) is 10.0 Å². The van der Waals surface area contributed by atoms with Crippen molar-refractivity contribution >= 4 is 52.1 Å². The Morgan fingerprint density at radius 3 is 1.41 bits per heavy atom. The third kappa shape index (κ3) is 5.00.